The maximum atomic E-state index is 13.4. The van der Waals surface area contributed by atoms with Crippen molar-refractivity contribution >= 4 is 11.6 Å². The number of anilines is 1. The van der Waals surface area contributed by atoms with Crippen molar-refractivity contribution in [1.82, 2.24) is 0 Å². The Bertz CT molecular complexity index is 611. The smallest absolute Gasteiger partial charge is 0.255 e. The molecule has 0 bridgehead atoms. The molecule has 98 valence electrons. The SMILES string of the molecule is COc1ccccc1NC(=O)c1ccc(C)c(F)c1. The highest BCUT2D eigenvalue weighted by Crippen LogP contribution is 2.23. The quantitative estimate of drug-likeness (QED) is 0.917. The summed E-state index contributed by atoms with van der Waals surface area (Å²) in [4.78, 5) is 12.0. The fourth-order valence-electron chi connectivity index (χ4n) is 1.68. The molecule has 2 aromatic carbocycles. The highest BCUT2D eigenvalue weighted by molar-refractivity contribution is 6.05. The first-order chi connectivity index (χ1) is 9.11. The third-order valence-corrected chi connectivity index (χ3v) is 2.79. The number of methoxy groups -OCH3 is 1. The van der Waals surface area contributed by atoms with Crippen molar-refractivity contribution in [3.8, 4) is 5.75 Å². The van der Waals surface area contributed by atoms with Gasteiger partial charge in [-0.25, -0.2) is 4.39 Å². The van der Waals surface area contributed by atoms with Crippen LogP contribution in [0.4, 0.5) is 10.1 Å². The van der Waals surface area contributed by atoms with Crippen LogP contribution >= 0.6 is 0 Å². The first-order valence-electron chi connectivity index (χ1n) is 5.82. The molecule has 2 aromatic rings. The monoisotopic (exact) mass is 259 g/mol. The van der Waals surface area contributed by atoms with Crippen LogP contribution in [0, 0.1) is 12.7 Å². The fourth-order valence-corrected chi connectivity index (χ4v) is 1.68. The van der Waals surface area contributed by atoms with Gasteiger partial charge in [0.1, 0.15) is 11.6 Å². The summed E-state index contributed by atoms with van der Waals surface area (Å²) >= 11 is 0. The van der Waals surface area contributed by atoms with E-state index in [0.717, 1.165) is 0 Å². The van der Waals surface area contributed by atoms with E-state index in [1.54, 1.807) is 43.3 Å². The number of nitrogens with one attached hydrogen (secondary N) is 1. The Morgan fingerprint density at radius 1 is 1.21 bits per heavy atom. The molecule has 0 aliphatic carbocycles. The number of carbonyl (C=O) groups excluding carboxylic acids is 1. The molecule has 0 fully saturated rings. The first-order valence-corrected chi connectivity index (χ1v) is 5.82. The number of benzene rings is 2. The summed E-state index contributed by atoms with van der Waals surface area (Å²) in [7, 11) is 1.52. The van der Waals surface area contributed by atoms with E-state index in [0.29, 0.717) is 17.0 Å². The third-order valence-electron chi connectivity index (χ3n) is 2.79. The Balaban J connectivity index is 2.23. The lowest BCUT2D eigenvalue weighted by atomic mass is 10.1. The Hall–Kier alpha value is -2.36. The molecule has 0 aliphatic heterocycles. The summed E-state index contributed by atoms with van der Waals surface area (Å²) in [5.41, 5.74) is 1.33. The van der Waals surface area contributed by atoms with Crippen LogP contribution in [0.5, 0.6) is 5.75 Å². The van der Waals surface area contributed by atoms with Crippen molar-refractivity contribution in [2.24, 2.45) is 0 Å². The highest BCUT2D eigenvalue weighted by Gasteiger charge is 2.10. The number of para-hydroxylation sites is 2. The number of rotatable bonds is 3. The van der Waals surface area contributed by atoms with Gasteiger partial charge < -0.3 is 10.1 Å². The van der Waals surface area contributed by atoms with Crippen molar-refractivity contribution in [2.45, 2.75) is 6.92 Å². The second kappa shape index (κ2) is 5.52. The van der Waals surface area contributed by atoms with Gasteiger partial charge in [-0.1, -0.05) is 18.2 Å². The van der Waals surface area contributed by atoms with E-state index in [-0.39, 0.29) is 11.5 Å². The molecule has 3 nitrogen and oxygen atoms in total. The zero-order valence-electron chi connectivity index (χ0n) is 10.7. The van der Waals surface area contributed by atoms with E-state index in [9.17, 15) is 9.18 Å². The molecular weight excluding hydrogens is 245 g/mol. The van der Waals surface area contributed by atoms with Gasteiger partial charge in [-0.2, -0.15) is 0 Å². The molecule has 2 rings (SSSR count). The van der Waals surface area contributed by atoms with Crippen molar-refractivity contribution in [3.05, 3.63) is 59.4 Å². The molecule has 0 atom stereocenters. The second-order valence-electron chi connectivity index (χ2n) is 4.12. The molecule has 0 spiro atoms. The van der Waals surface area contributed by atoms with Gasteiger partial charge in [0.25, 0.3) is 5.91 Å². The summed E-state index contributed by atoms with van der Waals surface area (Å²) < 4.78 is 18.6. The Labute approximate surface area is 111 Å². The summed E-state index contributed by atoms with van der Waals surface area (Å²) in [5.74, 6) is -0.209. The minimum absolute atomic E-state index is 0.272. The van der Waals surface area contributed by atoms with Gasteiger partial charge in [0.05, 0.1) is 12.8 Å². The Morgan fingerprint density at radius 3 is 2.63 bits per heavy atom. The number of ether oxygens (including phenoxy) is 1. The highest BCUT2D eigenvalue weighted by atomic mass is 19.1. The summed E-state index contributed by atoms with van der Waals surface area (Å²) in [5, 5.41) is 2.69. The minimum atomic E-state index is -0.396. The molecule has 1 amide bonds. The van der Waals surface area contributed by atoms with Crippen LogP contribution in [0.15, 0.2) is 42.5 Å². The zero-order valence-corrected chi connectivity index (χ0v) is 10.7. The number of halogens is 1. The number of carbonyl (C=O) groups is 1. The second-order valence-corrected chi connectivity index (χ2v) is 4.12. The lowest BCUT2D eigenvalue weighted by Crippen LogP contribution is -2.13. The zero-order chi connectivity index (χ0) is 13.8. The van der Waals surface area contributed by atoms with Gasteiger partial charge in [0.2, 0.25) is 0 Å². The summed E-state index contributed by atoms with van der Waals surface area (Å²) in [6, 6.07) is 11.4. The van der Waals surface area contributed by atoms with Crippen molar-refractivity contribution in [2.75, 3.05) is 12.4 Å². The molecule has 19 heavy (non-hydrogen) atoms. The minimum Gasteiger partial charge on any atom is -0.495 e. The molecular formula is C15H14FNO2. The van der Waals surface area contributed by atoms with E-state index < -0.39 is 5.82 Å². The lowest BCUT2D eigenvalue weighted by Gasteiger charge is -2.10. The fraction of sp³-hybridized carbons (Fsp3) is 0.133. The molecule has 0 aromatic heterocycles. The maximum absolute atomic E-state index is 13.4. The van der Waals surface area contributed by atoms with Gasteiger partial charge in [-0.15, -0.1) is 0 Å². The van der Waals surface area contributed by atoms with Crippen LogP contribution in [-0.4, -0.2) is 13.0 Å². The van der Waals surface area contributed by atoms with Crippen LogP contribution in [0.25, 0.3) is 0 Å². The number of hydrogen-bond donors (Lipinski definition) is 1. The van der Waals surface area contributed by atoms with Crippen LogP contribution in [0.1, 0.15) is 15.9 Å². The van der Waals surface area contributed by atoms with Gasteiger partial charge in [0.15, 0.2) is 0 Å². The van der Waals surface area contributed by atoms with Gasteiger partial charge in [-0.3, -0.25) is 4.79 Å². The molecule has 0 aliphatic rings. The topological polar surface area (TPSA) is 38.3 Å². The number of amides is 1. The first kappa shape index (κ1) is 13.1. The van der Waals surface area contributed by atoms with E-state index in [2.05, 4.69) is 5.32 Å². The molecule has 0 heterocycles. The normalized spacial score (nSPS) is 10.1. The molecule has 4 heteroatoms. The largest absolute Gasteiger partial charge is 0.495 e. The predicted molar refractivity (Wildman–Crippen MR) is 72.1 cm³/mol. The van der Waals surface area contributed by atoms with E-state index in [1.807, 2.05) is 0 Å². The van der Waals surface area contributed by atoms with Crippen molar-refractivity contribution < 1.29 is 13.9 Å². The van der Waals surface area contributed by atoms with Crippen LogP contribution in [0.3, 0.4) is 0 Å². The van der Waals surface area contributed by atoms with E-state index >= 15 is 0 Å². The molecule has 1 N–H and O–H groups in total. The molecule has 0 saturated carbocycles. The molecule has 0 saturated heterocycles. The number of hydrogen-bond acceptors (Lipinski definition) is 2. The molecule has 0 radical (unpaired) electrons. The Kier molecular flexibility index (Phi) is 3.80. The lowest BCUT2D eigenvalue weighted by molar-refractivity contribution is 0.102. The number of aryl methyl sites for hydroxylation is 1. The third kappa shape index (κ3) is 2.91. The van der Waals surface area contributed by atoms with Crippen LogP contribution in [-0.2, 0) is 0 Å². The Morgan fingerprint density at radius 2 is 1.95 bits per heavy atom. The summed E-state index contributed by atoms with van der Waals surface area (Å²) in [6.07, 6.45) is 0. The van der Waals surface area contributed by atoms with Crippen LogP contribution in [0.2, 0.25) is 0 Å². The van der Waals surface area contributed by atoms with Gasteiger partial charge >= 0.3 is 0 Å². The van der Waals surface area contributed by atoms with Crippen molar-refractivity contribution in [3.63, 3.8) is 0 Å². The molecule has 0 unspecified atom stereocenters. The van der Waals surface area contributed by atoms with Crippen LogP contribution < -0.4 is 10.1 Å². The van der Waals surface area contributed by atoms with Gasteiger partial charge in [0, 0.05) is 5.56 Å². The van der Waals surface area contributed by atoms with Crippen molar-refractivity contribution in [1.29, 1.82) is 0 Å². The average molecular weight is 259 g/mol. The standard InChI is InChI=1S/C15H14FNO2/c1-10-7-8-11(9-12(10)16)15(18)17-13-5-3-4-6-14(13)19-2/h3-9H,1-2H3,(H,17,18). The average Bonchev–Trinajstić information content (AvgIpc) is 2.42. The summed E-state index contributed by atoms with van der Waals surface area (Å²) in [6.45, 7) is 1.65. The van der Waals surface area contributed by atoms with E-state index in [4.69, 9.17) is 4.74 Å². The maximum Gasteiger partial charge on any atom is 0.255 e. The predicted octanol–water partition coefficient (Wildman–Crippen LogP) is 3.40. The van der Waals surface area contributed by atoms with Gasteiger partial charge in [-0.05, 0) is 36.8 Å². The van der Waals surface area contributed by atoms with E-state index in [1.165, 1.54) is 13.2 Å².